The van der Waals surface area contributed by atoms with Crippen molar-refractivity contribution >= 4 is 17.7 Å². The van der Waals surface area contributed by atoms with E-state index in [9.17, 15) is 4.79 Å². The zero-order valence-corrected chi connectivity index (χ0v) is 12.5. The van der Waals surface area contributed by atoms with Crippen LogP contribution in [0.25, 0.3) is 0 Å². The minimum Gasteiger partial charge on any atom is -0.481 e. The normalized spacial score (nSPS) is 10.7. The van der Waals surface area contributed by atoms with Crippen molar-refractivity contribution in [2.24, 2.45) is 0 Å². The maximum atomic E-state index is 10.7. The molecule has 0 unspecified atom stereocenters. The van der Waals surface area contributed by atoms with Crippen LogP contribution < -0.4 is 0 Å². The van der Waals surface area contributed by atoms with Gasteiger partial charge in [0.15, 0.2) is 5.16 Å². The molecular formula is C15H18N2O2S. The molecule has 1 heterocycles. The zero-order valence-electron chi connectivity index (χ0n) is 11.7. The Labute approximate surface area is 122 Å². The van der Waals surface area contributed by atoms with E-state index in [0.717, 1.165) is 23.8 Å². The number of hydrogen-bond donors (Lipinski definition) is 1. The summed E-state index contributed by atoms with van der Waals surface area (Å²) in [5.74, 6) is -0.785. The highest BCUT2D eigenvalue weighted by Crippen LogP contribution is 2.20. The number of rotatable bonds is 6. The smallest absolute Gasteiger partial charge is 0.313 e. The third-order valence-corrected chi connectivity index (χ3v) is 3.99. The van der Waals surface area contributed by atoms with E-state index in [1.807, 2.05) is 12.3 Å². The van der Waals surface area contributed by atoms with Crippen LogP contribution in [0.3, 0.4) is 0 Å². The van der Waals surface area contributed by atoms with Crippen LogP contribution >= 0.6 is 11.8 Å². The number of carboxylic acids is 1. The molecule has 1 aromatic carbocycles. The largest absolute Gasteiger partial charge is 0.481 e. The minimum atomic E-state index is -0.821. The fraction of sp³-hybridized carbons (Fsp3) is 0.333. The fourth-order valence-corrected chi connectivity index (χ4v) is 2.80. The molecule has 0 saturated heterocycles. The molecule has 20 heavy (non-hydrogen) atoms. The highest BCUT2D eigenvalue weighted by molar-refractivity contribution is 7.99. The van der Waals surface area contributed by atoms with E-state index < -0.39 is 5.97 Å². The Bertz CT molecular complexity index is 608. The Morgan fingerprint density at radius 2 is 2.25 bits per heavy atom. The maximum Gasteiger partial charge on any atom is 0.313 e. The monoisotopic (exact) mass is 290 g/mol. The summed E-state index contributed by atoms with van der Waals surface area (Å²) in [4.78, 5) is 15.0. The number of aryl methyl sites for hydroxylation is 2. The van der Waals surface area contributed by atoms with Crippen molar-refractivity contribution in [3.05, 3.63) is 47.3 Å². The summed E-state index contributed by atoms with van der Waals surface area (Å²) < 4.78 is 2.10. The molecule has 0 radical (unpaired) electrons. The van der Waals surface area contributed by atoms with Crippen LogP contribution in [0.2, 0.25) is 0 Å². The average Bonchev–Trinajstić information content (AvgIpc) is 2.78. The number of hydrogen-bond acceptors (Lipinski definition) is 3. The van der Waals surface area contributed by atoms with Crippen molar-refractivity contribution in [3.8, 4) is 0 Å². The van der Waals surface area contributed by atoms with Crippen molar-refractivity contribution < 1.29 is 9.90 Å². The SMILES string of the molecule is CCc1cnc(SCC(=O)O)n1Cc1cccc(C)c1. The molecule has 5 heteroatoms. The highest BCUT2D eigenvalue weighted by atomic mass is 32.2. The Morgan fingerprint density at radius 3 is 2.90 bits per heavy atom. The van der Waals surface area contributed by atoms with Gasteiger partial charge in [0, 0.05) is 18.4 Å². The number of benzene rings is 1. The summed E-state index contributed by atoms with van der Waals surface area (Å²) in [6.07, 6.45) is 2.71. The predicted octanol–water partition coefficient (Wildman–Crippen LogP) is 2.98. The lowest BCUT2D eigenvalue weighted by molar-refractivity contribution is -0.133. The standard InChI is InChI=1S/C15H18N2O2S/c1-3-13-8-16-15(20-10-14(18)19)17(13)9-12-6-4-5-11(2)7-12/h4-8H,3,9-10H2,1-2H3,(H,18,19). The van der Waals surface area contributed by atoms with E-state index >= 15 is 0 Å². The lowest BCUT2D eigenvalue weighted by atomic mass is 10.1. The molecule has 106 valence electrons. The molecule has 1 N–H and O–H groups in total. The Kier molecular flexibility index (Phi) is 4.84. The maximum absolute atomic E-state index is 10.7. The summed E-state index contributed by atoms with van der Waals surface area (Å²) in [6, 6.07) is 8.33. The van der Waals surface area contributed by atoms with Crippen LogP contribution in [-0.2, 0) is 17.8 Å². The third-order valence-electron chi connectivity index (χ3n) is 3.01. The number of thioether (sulfide) groups is 1. The summed E-state index contributed by atoms with van der Waals surface area (Å²) in [6.45, 7) is 4.88. The van der Waals surface area contributed by atoms with E-state index in [1.54, 1.807) is 0 Å². The molecule has 0 saturated carbocycles. The third kappa shape index (κ3) is 3.63. The Balaban J connectivity index is 2.24. The zero-order chi connectivity index (χ0) is 14.5. The van der Waals surface area contributed by atoms with E-state index in [-0.39, 0.29) is 5.75 Å². The first kappa shape index (κ1) is 14.7. The molecule has 0 aliphatic carbocycles. The number of carboxylic acid groups (broad SMARTS) is 1. The second-order valence-electron chi connectivity index (χ2n) is 4.64. The molecule has 0 aliphatic heterocycles. The molecular weight excluding hydrogens is 272 g/mol. The van der Waals surface area contributed by atoms with Crippen LogP contribution in [0.4, 0.5) is 0 Å². The highest BCUT2D eigenvalue weighted by Gasteiger charge is 2.11. The molecule has 0 aliphatic rings. The van der Waals surface area contributed by atoms with E-state index in [1.165, 1.54) is 22.9 Å². The molecule has 2 rings (SSSR count). The molecule has 4 nitrogen and oxygen atoms in total. The van der Waals surface area contributed by atoms with Gasteiger partial charge in [-0.25, -0.2) is 4.98 Å². The van der Waals surface area contributed by atoms with Crippen LogP contribution in [0.15, 0.2) is 35.6 Å². The number of aromatic nitrogens is 2. The van der Waals surface area contributed by atoms with Gasteiger partial charge in [-0.1, -0.05) is 48.5 Å². The second-order valence-corrected chi connectivity index (χ2v) is 5.59. The molecule has 0 bridgehead atoms. The Hall–Kier alpha value is -1.75. The van der Waals surface area contributed by atoms with Gasteiger partial charge < -0.3 is 9.67 Å². The fourth-order valence-electron chi connectivity index (χ4n) is 2.08. The molecule has 0 spiro atoms. The Morgan fingerprint density at radius 1 is 1.45 bits per heavy atom. The minimum absolute atomic E-state index is 0.0357. The van der Waals surface area contributed by atoms with E-state index in [4.69, 9.17) is 5.11 Å². The van der Waals surface area contributed by atoms with Crippen LogP contribution in [0.5, 0.6) is 0 Å². The summed E-state index contributed by atoms with van der Waals surface area (Å²) >= 11 is 1.27. The van der Waals surface area contributed by atoms with Gasteiger partial charge in [0.1, 0.15) is 0 Å². The van der Waals surface area contributed by atoms with Gasteiger partial charge in [0.2, 0.25) is 0 Å². The number of imidazole rings is 1. The second kappa shape index (κ2) is 6.61. The van der Waals surface area contributed by atoms with Gasteiger partial charge in [-0.2, -0.15) is 0 Å². The van der Waals surface area contributed by atoms with Gasteiger partial charge in [-0.3, -0.25) is 4.79 Å². The molecule has 0 fully saturated rings. The van der Waals surface area contributed by atoms with Crippen molar-refractivity contribution in [2.45, 2.75) is 32.0 Å². The summed E-state index contributed by atoms with van der Waals surface area (Å²) in [5, 5.41) is 9.57. The van der Waals surface area contributed by atoms with Gasteiger partial charge in [0.05, 0.1) is 5.75 Å². The van der Waals surface area contributed by atoms with Gasteiger partial charge in [-0.05, 0) is 18.9 Å². The van der Waals surface area contributed by atoms with E-state index in [2.05, 4.69) is 41.6 Å². The van der Waals surface area contributed by atoms with Crippen molar-refractivity contribution in [3.63, 3.8) is 0 Å². The summed E-state index contributed by atoms with van der Waals surface area (Å²) in [7, 11) is 0. The van der Waals surface area contributed by atoms with Crippen LogP contribution in [-0.4, -0.2) is 26.4 Å². The van der Waals surface area contributed by atoms with Gasteiger partial charge >= 0.3 is 5.97 Å². The lowest BCUT2D eigenvalue weighted by Crippen LogP contribution is -2.07. The number of aliphatic carboxylic acids is 1. The van der Waals surface area contributed by atoms with E-state index in [0.29, 0.717) is 0 Å². The van der Waals surface area contributed by atoms with Gasteiger partial charge in [-0.15, -0.1) is 0 Å². The van der Waals surface area contributed by atoms with Crippen LogP contribution in [0.1, 0.15) is 23.7 Å². The first-order valence-electron chi connectivity index (χ1n) is 6.54. The first-order chi connectivity index (χ1) is 9.60. The topological polar surface area (TPSA) is 55.1 Å². The predicted molar refractivity (Wildman–Crippen MR) is 80.2 cm³/mol. The van der Waals surface area contributed by atoms with Crippen molar-refractivity contribution in [1.29, 1.82) is 0 Å². The van der Waals surface area contributed by atoms with Crippen LogP contribution in [0, 0.1) is 6.92 Å². The van der Waals surface area contributed by atoms with Crippen molar-refractivity contribution in [1.82, 2.24) is 9.55 Å². The molecule has 2 aromatic rings. The number of carbonyl (C=O) groups is 1. The number of nitrogens with zero attached hydrogens (tertiary/aromatic N) is 2. The molecule has 1 aromatic heterocycles. The molecule has 0 amide bonds. The average molecular weight is 290 g/mol. The quantitative estimate of drug-likeness (QED) is 0.831. The lowest BCUT2D eigenvalue weighted by Gasteiger charge is -2.11. The van der Waals surface area contributed by atoms with Crippen molar-refractivity contribution in [2.75, 3.05) is 5.75 Å². The van der Waals surface area contributed by atoms with Gasteiger partial charge in [0.25, 0.3) is 0 Å². The first-order valence-corrected chi connectivity index (χ1v) is 7.53. The summed E-state index contributed by atoms with van der Waals surface area (Å²) in [5.41, 5.74) is 3.55. The molecule has 0 atom stereocenters.